The summed E-state index contributed by atoms with van der Waals surface area (Å²) in [6.07, 6.45) is 0. The summed E-state index contributed by atoms with van der Waals surface area (Å²) >= 11 is 0. The third kappa shape index (κ3) is 5.05. The number of para-hydroxylation sites is 6. The molecule has 0 amide bonds. The molecule has 0 bridgehead atoms. The van der Waals surface area contributed by atoms with Crippen molar-refractivity contribution in [2.45, 2.75) is 0 Å². The molecule has 0 saturated heterocycles. The average Bonchev–Trinajstić information content (AvgIpc) is 4.20. The third-order valence-corrected chi connectivity index (χ3v) is 16.7. The highest BCUT2D eigenvalue weighted by atomic mass is 16.5. The number of rotatable bonds is 2. The zero-order chi connectivity index (χ0) is 49.1. The van der Waals surface area contributed by atoms with Crippen molar-refractivity contribution in [2.75, 3.05) is 0 Å². The monoisotopic (exact) mass is 972 g/mol. The van der Waals surface area contributed by atoms with Crippen molar-refractivity contribution in [3.8, 4) is 57.4 Å². The van der Waals surface area contributed by atoms with Crippen LogP contribution < -0.4 is 51.7 Å². The fourth-order valence-electron chi connectivity index (χ4n) is 13.5. The van der Waals surface area contributed by atoms with Gasteiger partial charge in [0.2, 0.25) is 0 Å². The highest BCUT2D eigenvalue weighted by molar-refractivity contribution is 7.01. The maximum atomic E-state index is 7.25. The molecule has 15 aromatic rings. The van der Waals surface area contributed by atoms with Crippen molar-refractivity contribution in [2.24, 2.45) is 0 Å². The topological polar surface area (TPSA) is 73.1 Å². The molecule has 0 N–H and O–H groups in total. The van der Waals surface area contributed by atoms with E-state index in [2.05, 4.69) is 179 Å². The molecule has 4 aliphatic rings. The lowest BCUT2D eigenvalue weighted by Crippen LogP contribution is -2.61. The number of fused-ring (bicyclic) bond motifs is 20. The zero-order valence-corrected chi connectivity index (χ0v) is 40.1. The summed E-state index contributed by atoms with van der Waals surface area (Å²) in [5, 5.41) is 8.97. The molecule has 0 radical (unpaired) electrons. The number of nitrogens with zero attached hydrogens (tertiary/aromatic N) is 2. The van der Waals surface area contributed by atoms with Crippen LogP contribution in [0.3, 0.4) is 0 Å². The summed E-state index contributed by atoms with van der Waals surface area (Å²) in [5.41, 5.74) is 15.7. The summed E-state index contributed by atoms with van der Waals surface area (Å²) in [5.74, 6) is 6.09. The maximum Gasteiger partial charge on any atom is 0.260 e. The van der Waals surface area contributed by atoms with Gasteiger partial charge in [-0.3, -0.25) is 0 Å². The summed E-state index contributed by atoms with van der Waals surface area (Å²) in [6.45, 7) is -0.364. The Hall–Kier alpha value is -10.1. The molecule has 10 heteroatoms. The van der Waals surface area contributed by atoms with E-state index in [1.807, 2.05) is 36.4 Å². The van der Waals surface area contributed by atoms with E-state index in [-0.39, 0.29) is 13.4 Å². The van der Waals surface area contributed by atoms with Gasteiger partial charge in [-0.2, -0.15) is 0 Å². The maximum absolute atomic E-state index is 7.25. The summed E-state index contributed by atoms with van der Waals surface area (Å²) in [4.78, 5) is 0. The molecule has 19 rings (SSSR count). The van der Waals surface area contributed by atoms with Crippen molar-refractivity contribution in [1.29, 1.82) is 0 Å². The number of aromatic nitrogens is 2. The van der Waals surface area contributed by atoms with Crippen molar-refractivity contribution < 1.29 is 27.8 Å². The molecule has 11 aromatic carbocycles. The van der Waals surface area contributed by atoms with Gasteiger partial charge in [0.15, 0.2) is 0 Å². The summed E-state index contributed by atoms with van der Waals surface area (Å²) < 4.78 is 46.0. The SMILES string of the molecule is c1ccc2c(c1)Oc1cc(-n3c4ccccc4c4cc5c(cc43)oc3ccccc35)cc3c1B2c1cc2c(cc1O3)Oc1cc(-n3c4ccccc4c4cc5c(cc43)oc3ccccc35)cc3c1B2c1ccccc1O3. The van der Waals surface area contributed by atoms with Crippen LogP contribution in [-0.4, -0.2) is 22.6 Å². The Morgan fingerprint density at radius 1 is 0.250 bits per heavy atom. The van der Waals surface area contributed by atoms with Crippen molar-refractivity contribution in [3.05, 3.63) is 206 Å². The number of benzene rings is 11. The minimum absolute atomic E-state index is 0.182. The van der Waals surface area contributed by atoms with E-state index >= 15 is 0 Å². The van der Waals surface area contributed by atoms with Gasteiger partial charge in [-0.15, -0.1) is 0 Å². The van der Waals surface area contributed by atoms with E-state index in [4.69, 9.17) is 27.8 Å². The molecule has 0 fully saturated rings. The largest absolute Gasteiger partial charge is 0.458 e. The van der Waals surface area contributed by atoms with Gasteiger partial charge >= 0.3 is 0 Å². The number of hydrogen-bond donors (Lipinski definition) is 0. The van der Waals surface area contributed by atoms with E-state index in [9.17, 15) is 0 Å². The Morgan fingerprint density at radius 2 is 0.645 bits per heavy atom. The predicted octanol–water partition coefficient (Wildman–Crippen LogP) is 13.1. The van der Waals surface area contributed by atoms with Gasteiger partial charge in [0, 0.05) is 96.5 Å². The Balaban J connectivity index is 0.809. The quantitative estimate of drug-likeness (QED) is 0.161. The van der Waals surface area contributed by atoms with Crippen molar-refractivity contribution in [1.82, 2.24) is 9.13 Å². The molecular weight excluding hydrogens is 938 g/mol. The van der Waals surface area contributed by atoms with Crippen LogP contribution in [0.4, 0.5) is 0 Å². The summed E-state index contributed by atoms with van der Waals surface area (Å²) in [6, 6.07) is 72.5. The fourth-order valence-corrected chi connectivity index (χ4v) is 13.5. The average molecular weight is 973 g/mol. The van der Waals surface area contributed by atoms with E-state index in [1.165, 1.54) is 0 Å². The second-order valence-electron chi connectivity index (χ2n) is 20.6. The van der Waals surface area contributed by atoms with Gasteiger partial charge in [0.05, 0.1) is 33.4 Å². The number of furan rings is 2. The lowest BCUT2D eigenvalue weighted by atomic mass is 9.31. The first-order chi connectivity index (χ1) is 37.6. The van der Waals surface area contributed by atoms with Gasteiger partial charge < -0.3 is 36.9 Å². The summed E-state index contributed by atoms with van der Waals surface area (Å²) in [7, 11) is 0. The van der Waals surface area contributed by atoms with Crippen LogP contribution in [-0.2, 0) is 0 Å². The Labute approximate surface area is 432 Å². The fraction of sp³-hybridized carbons (Fsp3) is 0. The molecule has 0 saturated carbocycles. The highest BCUT2D eigenvalue weighted by Gasteiger charge is 2.45. The molecule has 8 heterocycles. The van der Waals surface area contributed by atoms with Gasteiger partial charge in [-0.05, 0) is 70.4 Å². The molecule has 0 aliphatic carbocycles. The van der Waals surface area contributed by atoms with Crippen LogP contribution in [0.1, 0.15) is 0 Å². The van der Waals surface area contributed by atoms with Gasteiger partial charge in [-0.1, -0.05) is 115 Å². The molecule has 4 aromatic heterocycles. The lowest BCUT2D eigenvalue weighted by Gasteiger charge is -2.37. The zero-order valence-electron chi connectivity index (χ0n) is 40.1. The standard InChI is InChI=1S/C66H34B2N2O6/c1-7-19-49-37(13-1)41-29-43-39-15-3-9-21-53(39)71-57(43)32-51(41)69(49)35-25-61-65-63(27-35)75-59-34-60-48(31-47(59)67(65)45-17-5-11-23-55(45)73-61)68-46-18-6-12-24-56(46)74-62-26-36(28-64(76-60)66(62)68)70-50-20-8-2-14-38(50)42-30-44-40-16-4-10-22-54(40)72-58(44)33-52(42)70/h1-34H. The van der Waals surface area contributed by atoms with Crippen LogP contribution in [0.5, 0.6) is 46.0 Å². The predicted molar refractivity (Wildman–Crippen MR) is 305 cm³/mol. The number of ether oxygens (including phenoxy) is 4. The molecule has 0 spiro atoms. The van der Waals surface area contributed by atoms with Gasteiger partial charge in [0.25, 0.3) is 13.4 Å². The van der Waals surface area contributed by atoms with E-state index in [0.29, 0.717) is 0 Å². The first-order valence-electron chi connectivity index (χ1n) is 25.8. The molecular formula is C66H34B2N2O6. The molecule has 350 valence electrons. The molecule has 8 nitrogen and oxygen atoms in total. The smallest absolute Gasteiger partial charge is 0.260 e. The van der Waals surface area contributed by atoms with Gasteiger partial charge in [-0.25, -0.2) is 0 Å². The minimum Gasteiger partial charge on any atom is -0.458 e. The van der Waals surface area contributed by atoms with Crippen LogP contribution in [0, 0.1) is 0 Å². The second-order valence-corrected chi connectivity index (χ2v) is 20.6. The normalized spacial score (nSPS) is 13.6. The highest BCUT2D eigenvalue weighted by Crippen LogP contribution is 2.45. The van der Waals surface area contributed by atoms with E-state index < -0.39 is 0 Å². The second kappa shape index (κ2) is 14.0. The first-order valence-corrected chi connectivity index (χ1v) is 25.8. The van der Waals surface area contributed by atoms with Crippen LogP contribution in [0.25, 0.3) is 98.9 Å². The Kier molecular flexibility index (Phi) is 7.25. The van der Waals surface area contributed by atoms with Gasteiger partial charge in [0.1, 0.15) is 68.3 Å². The van der Waals surface area contributed by atoms with Crippen LogP contribution >= 0.6 is 0 Å². The number of hydrogen-bond acceptors (Lipinski definition) is 6. The van der Waals surface area contributed by atoms with E-state index in [1.54, 1.807) is 0 Å². The molecule has 76 heavy (non-hydrogen) atoms. The molecule has 4 aliphatic heterocycles. The Bertz CT molecular complexity index is 4860. The third-order valence-electron chi connectivity index (χ3n) is 16.7. The lowest BCUT2D eigenvalue weighted by molar-refractivity contribution is 0.451. The molecule has 0 atom stereocenters. The first kappa shape index (κ1) is 39.5. The molecule has 0 unspecified atom stereocenters. The van der Waals surface area contributed by atoms with Crippen molar-refractivity contribution in [3.63, 3.8) is 0 Å². The minimum atomic E-state index is -0.182. The Morgan fingerprint density at radius 3 is 1.12 bits per heavy atom. The van der Waals surface area contributed by atoms with Crippen LogP contribution in [0.15, 0.2) is 215 Å². The van der Waals surface area contributed by atoms with E-state index in [0.717, 1.165) is 178 Å². The van der Waals surface area contributed by atoms with Crippen LogP contribution in [0.2, 0.25) is 0 Å². The van der Waals surface area contributed by atoms with Crippen molar-refractivity contribution >= 4 is 134 Å².